The van der Waals surface area contributed by atoms with Crippen molar-refractivity contribution in [2.45, 2.75) is 119 Å². The zero-order chi connectivity index (χ0) is 46.7. The highest BCUT2D eigenvalue weighted by molar-refractivity contribution is 5.98. The van der Waals surface area contributed by atoms with Crippen molar-refractivity contribution < 1.29 is 6.48 Å². The largest absolute Gasteiger partial charge is 0.507 e. The van der Waals surface area contributed by atoms with E-state index >= 15 is 0 Å². The van der Waals surface area contributed by atoms with E-state index in [1.54, 1.807) is 0 Å². The SMILES string of the molecule is [2H]C(C)(C)c1ccc(-n2c(-c3cc(C(C)C)cc(C(C)C)c3O)nc3c(-c4cc(-c5cc(-c6ccc(C)cc6)ccn5)cc(C(C)(C)C)c4)cccc32)c(-c2ccc(C(C)(C)C)cc2)c1. The molecule has 0 aliphatic carbocycles. The summed E-state index contributed by atoms with van der Waals surface area (Å²) < 4.78 is 11.4. The van der Waals surface area contributed by atoms with Gasteiger partial charge in [-0.1, -0.05) is 168 Å². The van der Waals surface area contributed by atoms with Crippen LogP contribution in [0.25, 0.3) is 72.7 Å². The summed E-state index contributed by atoms with van der Waals surface area (Å²) in [6, 6.07) is 45.8. The summed E-state index contributed by atoms with van der Waals surface area (Å²) in [5, 5.41) is 12.4. The summed E-state index contributed by atoms with van der Waals surface area (Å²) in [6.07, 6.45) is 1.91. The summed E-state index contributed by atoms with van der Waals surface area (Å²) in [7, 11) is 0. The maximum absolute atomic E-state index is 12.4. The van der Waals surface area contributed by atoms with Gasteiger partial charge in [0, 0.05) is 24.3 Å². The molecule has 4 nitrogen and oxygen atoms in total. The number of fused-ring (bicyclic) bond motifs is 1. The van der Waals surface area contributed by atoms with E-state index in [1.807, 2.05) is 20.0 Å². The van der Waals surface area contributed by atoms with Crippen molar-refractivity contribution in [2.75, 3.05) is 0 Å². The third-order valence-corrected chi connectivity index (χ3v) is 12.8. The van der Waals surface area contributed by atoms with Gasteiger partial charge in [-0.3, -0.25) is 9.55 Å². The lowest BCUT2D eigenvalue weighted by molar-refractivity contribution is 0.466. The second-order valence-electron chi connectivity index (χ2n) is 20.7. The summed E-state index contributed by atoms with van der Waals surface area (Å²) in [5.74, 6) is 0.408. The summed E-state index contributed by atoms with van der Waals surface area (Å²) in [6.45, 7) is 28.1. The Morgan fingerprint density at radius 2 is 1.22 bits per heavy atom. The molecule has 0 saturated carbocycles. The molecule has 0 amide bonds. The van der Waals surface area contributed by atoms with Crippen LogP contribution in [0.3, 0.4) is 0 Å². The molecule has 2 aromatic heterocycles. The molecule has 8 aromatic rings. The number of benzene rings is 6. The van der Waals surface area contributed by atoms with E-state index in [1.165, 1.54) is 16.7 Å². The first-order chi connectivity index (χ1) is 30.6. The summed E-state index contributed by atoms with van der Waals surface area (Å²) in [4.78, 5) is 10.6. The molecule has 0 fully saturated rings. The average Bonchev–Trinajstić information content (AvgIpc) is 3.65. The topological polar surface area (TPSA) is 50.9 Å². The Labute approximate surface area is 383 Å². The first-order valence-electron chi connectivity index (χ1n) is 23.4. The van der Waals surface area contributed by atoms with Crippen LogP contribution in [0, 0.1) is 6.92 Å². The number of phenolic OH excluding ortho intramolecular Hbond substituents is 1. The summed E-state index contributed by atoms with van der Waals surface area (Å²) in [5.41, 5.74) is 18.2. The normalized spacial score (nSPS) is 12.7. The molecule has 4 heteroatoms. The van der Waals surface area contributed by atoms with Gasteiger partial charge in [0.05, 0.1) is 28.0 Å². The Morgan fingerprint density at radius 3 is 1.86 bits per heavy atom. The minimum atomic E-state index is -0.827. The molecule has 0 aliphatic heterocycles. The number of pyridine rings is 1. The number of hydrogen-bond acceptors (Lipinski definition) is 3. The predicted octanol–water partition coefficient (Wildman–Crippen LogP) is 16.7. The lowest BCUT2D eigenvalue weighted by Gasteiger charge is -2.22. The van der Waals surface area contributed by atoms with Crippen LogP contribution in [-0.2, 0) is 10.8 Å². The second-order valence-corrected chi connectivity index (χ2v) is 20.7. The number of para-hydroxylation sites is 1. The van der Waals surface area contributed by atoms with E-state index in [4.69, 9.17) is 11.3 Å². The lowest BCUT2D eigenvalue weighted by atomic mass is 9.83. The van der Waals surface area contributed by atoms with Gasteiger partial charge in [-0.25, -0.2) is 4.98 Å². The standard InChI is InChI=1S/C60H65N3O/c1-36(2)42-23-26-54(51(32-42)41-21-24-47(25-22-41)59(8,9)10)63-55-16-14-15-49(56(55)62-58(63)52-34-44(37(3)4)33-50(38(5)6)57(52)64)45-29-46(31-48(30-45)60(11,12)13)53-35-43(27-28-61-53)40-19-17-39(7)18-20-40/h14-38,64H,1-13H3/i36D. The molecule has 0 bridgehead atoms. The molecule has 6 aromatic carbocycles. The molecule has 0 atom stereocenters. The Morgan fingerprint density at radius 1 is 0.562 bits per heavy atom. The van der Waals surface area contributed by atoms with Crippen molar-refractivity contribution in [3.63, 3.8) is 0 Å². The smallest absolute Gasteiger partial charge is 0.149 e. The molecule has 326 valence electrons. The molecule has 0 spiro atoms. The van der Waals surface area contributed by atoms with Gasteiger partial charge in [-0.2, -0.15) is 0 Å². The number of nitrogens with zero attached hydrogens (tertiary/aromatic N) is 3. The molecule has 64 heavy (non-hydrogen) atoms. The van der Waals surface area contributed by atoms with Gasteiger partial charge >= 0.3 is 0 Å². The van der Waals surface area contributed by atoms with E-state index in [9.17, 15) is 5.11 Å². The van der Waals surface area contributed by atoms with Crippen molar-refractivity contribution in [3.05, 3.63) is 167 Å². The average molecular weight is 845 g/mol. The van der Waals surface area contributed by atoms with E-state index in [0.29, 0.717) is 11.4 Å². The highest BCUT2D eigenvalue weighted by Crippen LogP contribution is 2.45. The number of aromatic hydroxyl groups is 1. The number of phenols is 1. The molecular formula is C60H65N3O. The Kier molecular flexibility index (Phi) is 11.4. The number of aromatic nitrogens is 3. The van der Waals surface area contributed by atoms with Gasteiger partial charge in [-0.15, -0.1) is 0 Å². The van der Waals surface area contributed by atoms with Crippen LogP contribution in [0.2, 0.25) is 0 Å². The highest BCUT2D eigenvalue weighted by Gasteiger charge is 2.26. The Hall–Kier alpha value is -6.26. The number of aryl methyl sites for hydroxylation is 1. The zero-order valence-electron chi connectivity index (χ0n) is 41.1. The van der Waals surface area contributed by atoms with Crippen LogP contribution in [0.4, 0.5) is 0 Å². The zero-order valence-corrected chi connectivity index (χ0v) is 40.1. The molecule has 0 radical (unpaired) electrons. The van der Waals surface area contributed by atoms with Gasteiger partial charge in [0.1, 0.15) is 11.6 Å². The maximum atomic E-state index is 12.4. The monoisotopic (exact) mass is 845 g/mol. The van der Waals surface area contributed by atoms with Gasteiger partial charge < -0.3 is 5.11 Å². The van der Waals surface area contributed by atoms with Crippen molar-refractivity contribution >= 4 is 11.0 Å². The lowest BCUT2D eigenvalue weighted by Crippen LogP contribution is -2.11. The molecular weight excluding hydrogens is 779 g/mol. The number of imidazole rings is 1. The van der Waals surface area contributed by atoms with Crippen LogP contribution in [0.15, 0.2) is 134 Å². The summed E-state index contributed by atoms with van der Waals surface area (Å²) >= 11 is 0. The van der Waals surface area contributed by atoms with Crippen molar-refractivity contribution in [3.8, 4) is 67.5 Å². The fraction of sp³-hybridized carbons (Fsp3) is 0.300. The van der Waals surface area contributed by atoms with E-state index in [2.05, 4.69) is 208 Å². The van der Waals surface area contributed by atoms with Crippen LogP contribution in [0.1, 0.15) is 136 Å². The molecule has 0 aliphatic rings. The predicted molar refractivity (Wildman–Crippen MR) is 272 cm³/mol. The molecule has 2 heterocycles. The van der Waals surface area contributed by atoms with E-state index < -0.39 is 5.89 Å². The minimum Gasteiger partial charge on any atom is -0.507 e. The Balaban J connectivity index is 1.44. The minimum absolute atomic E-state index is 0.00626. The molecule has 0 unspecified atom stereocenters. The molecule has 8 rings (SSSR count). The molecule has 1 N–H and O–H groups in total. The number of hydrogen-bond donors (Lipinski definition) is 1. The first-order valence-corrected chi connectivity index (χ1v) is 22.9. The van der Waals surface area contributed by atoms with Crippen LogP contribution in [-0.4, -0.2) is 19.6 Å². The van der Waals surface area contributed by atoms with Crippen LogP contribution in [0.5, 0.6) is 5.75 Å². The highest BCUT2D eigenvalue weighted by atomic mass is 16.3. The van der Waals surface area contributed by atoms with Crippen LogP contribution >= 0.6 is 0 Å². The van der Waals surface area contributed by atoms with E-state index in [0.717, 1.165) is 78.0 Å². The van der Waals surface area contributed by atoms with Gasteiger partial charge in [0.15, 0.2) is 0 Å². The fourth-order valence-corrected chi connectivity index (χ4v) is 8.68. The Bertz CT molecular complexity index is 3040. The van der Waals surface area contributed by atoms with Crippen molar-refractivity contribution in [1.29, 1.82) is 0 Å². The van der Waals surface area contributed by atoms with Gasteiger partial charge in [0.2, 0.25) is 0 Å². The van der Waals surface area contributed by atoms with Crippen molar-refractivity contribution in [1.82, 2.24) is 14.5 Å². The quantitative estimate of drug-likeness (QED) is 0.157. The van der Waals surface area contributed by atoms with Crippen molar-refractivity contribution in [2.24, 2.45) is 0 Å². The van der Waals surface area contributed by atoms with Gasteiger partial charge in [-0.05, 0) is 134 Å². The third kappa shape index (κ3) is 8.68. The third-order valence-electron chi connectivity index (χ3n) is 12.8. The molecule has 0 saturated heterocycles. The second kappa shape index (κ2) is 17.0. The van der Waals surface area contributed by atoms with Crippen LogP contribution < -0.4 is 0 Å². The maximum Gasteiger partial charge on any atom is 0.149 e. The fourth-order valence-electron chi connectivity index (χ4n) is 8.68. The first kappa shape index (κ1) is 43.0. The number of rotatable bonds is 9. The van der Waals surface area contributed by atoms with Gasteiger partial charge in [0.25, 0.3) is 0 Å². The van der Waals surface area contributed by atoms with E-state index in [-0.39, 0.29) is 28.4 Å².